The van der Waals surface area contributed by atoms with Crippen molar-refractivity contribution in [1.82, 2.24) is 10.2 Å². The van der Waals surface area contributed by atoms with Gasteiger partial charge in [-0.2, -0.15) is 0 Å². The Kier molecular flexibility index (Phi) is 5.03. The fourth-order valence-corrected chi connectivity index (χ4v) is 3.81. The number of hydrogen-bond acceptors (Lipinski definition) is 4. The average molecular weight is 406 g/mol. The molecule has 0 aromatic heterocycles. The van der Waals surface area contributed by atoms with Crippen molar-refractivity contribution in [2.45, 2.75) is 19.4 Å². The fourth-order valence-electron chi connectivity index (χ4n) is 3.81. The Bertz CT molecular complexity index is 1020. The van der Waals surface area contributed by atoms with E-state index in [0.717, 1.165) is 16.7 Å². The normalized spacial score (nSPS) is 17.2. The average Bonchev–Trinajstić information content (AvgIpc) is 3.52. The Labute approximate surface area is 173 Å². The molecule has 0 bridgehead atoms. The predicted molar refractivity (Wildman–Crippen MR) is 109 cm³/mol. The number of nitrogens with zero attached hydrogens (tertiary/aromatic N) is 1. The third-order valence-corrected chi connectivity index (χ3v) is 5.65. The van der Waals surface area contributed by atoms with Crippen LogP contribution in [0.1, 0.15) is 18.4 Å². The van der Waals surface area contributed by atoms with Gasteiger partial charge >= 0.3 is 5.97 Å². The number of carboxylic acid groups (broad SMARTS) is 1. The summed E-state index contributed by atoms with van der Waals surface area (Å²) < 4.78 is 0. The van der Waals surface area contributed by atoms with Crippen molar-refractivity contribution in [2.24, 2.45) is 5.41 Å². The highest BCUT2D eigenvalue weighted by Crippen LogP contribution is 2.54. The number of rotatable bonds is 6. The molecule has 2 aromatic rings. The summed E-state index contributed by atoms with van der Waals surface area (Å²) >= 11 is 0. The zero-order valence-electron chi connectivity index (χ0n) is 16.3. The Morgan fingerprint density at radius 1 is 1.00 bits per heavy atom. The fraction of sp³-hybridized carbons (Fsp3) is 0.261. The minimum atomic E-state index is -1.22. The van der Waals surface area contributed by atoms with E-state index in [9.17, 15) is 19.5 Å². The number of aliphatic carboxylic acids is 1. The van der Waals surface area contributed by atoms with Crippen LogP contribution in [0.5, 0.6) is 0 Å². The smallest absolute Gasteiger partial charge is 0.322 e. The molecule has 0 saturated heterocycles. The summed E-state index contributed by atoms with van der Waals surface area (Å²) in [6.07, 6.45) is 1.37. The molecular formula is C23H22N2O5. The molecule has 0 atom stereocenters. The van der Waals surface area contributed by atoms with Gasteiger partial charge in [0.15, 0.2) is 0 Å². The third-order valence-electron chi connectivity index (χ3n) is 5.65. The molecule has 2 aromatic carbocycles. The molecule has 154 valence electrons. The molecule has 7 nitrogen and oxygen atoms in total. The summed E-state index contributed by atoms with van der Waals surface area (Å²) in [7, 11) is 0. The maximum atomic E-state index is 12.9. The first-order chi connectivity index (χ1) is 14.4. The van der Waals surface area contributed by atoms with Gasteiger partial charge in [0.1, 0.15) is 17.9 Å². The van der Waals surface area contributed by atoms with Gasteiger partial charge in [0.25, 0.3) is 11.8 Å². The minimum Gasteiger partial charge on any atom is -0.511 e. The lowest BCUT2D eigenvalue weighted by Crippen LogP contribution is -2.47. The number of carboxylic acids is 1. The molecule has 4 rings (SSSR count). The highest BCUT2D eigenvalue weighted by Gasteiger charge is 2.55. The molecule has 1 fully saturated rings. The van der Waals surface area contributed by atoms with Crippen molar-refractivity contribution >= 4 is 17.8 Å². The van der Waals surface area contributed by atoms with Crippen LogP contribution in [0.2, 0.25) is 0 Å². The first kappa shape index (κ1) is 19.7. The Morgan fingerprint density at radius 3 is 2.23 bits per heavy atom. The van der Waals surface area contributed by atoms with E-state index < -0.39 is 29.7 Å². The van der Waals surface area contributed by atoms with Crippen LogP contribution < -0.4 is 5.32 Å². The maximum Gasteiger partial charge on any atom is 0.322 e. The Balaban J connectivity index is 1.53. The molecule has 1 heterocycles. The molecule has 30 heavy (non-hydrogen) atoms. The first-order valence-corrected chi connectivity index (χ1v) is 9.77. The second-order valence-corrected chi connectivity index (χ2v) is 7.80. The van der Waals surface area contributed by atoms with Crippen molar-refractivity contribution in [3.8, 4) is 11.1 Å². The van der Waals surface area contributed by atoms with Gasteiger partial charge in [-0.25, -0.2) is 0 Å². The van der Waals surface area contributed by atoms with Gasteiger partial charge in [-0.05, 0) is 29.5 Å². The highest BCUT2D eigenvalue weighted by molar-refractivity contribution is 6.19. The van der Waals surface area contributed by atoms with Crippen LogP contribution in [0.3, 0.4) is 0 Å². The molecule has 0 radical (unpaired) electrons. The van der Waals surface area contributed by atoms with Gasteiger partial charge in [0.05, 0.1) is 0 Å². The van der Waals surface area contributed by atoms with Crippen LogP contribution in [0.4, 0.5) is 0 Å². The SMILES string of the molecule is O=C(O)CNC(=O)C1=C(O)C2(CC2)CN(Cc2ccc(-c3ccccc3)cc2)C1=O. The van der Waals surface area contributed by atoms with Crippen LogP contribution in [0.25, 0.3) is 11.1 Å². The van der Waals surface area contributed by atoms with Crippen molar-refractivity contribution < 1.29 is 24.6 Å². The van der Waals surface area contributed by atoms with Crippen molar-refractivity contribution in [1.29, 1.82) is 0 Å². The number of carbonyl (C=O) groups is 3. The lowest BCUT2D eigenvalue weighted by molar-refractivity contribution is -0.139. The predicted octanol–water partition coefficient (Wildman–Crippen LogP) is 2.49. The van der Waals surface area contributed by atoms with E-state index in [1.807, 2.05) is 54.6 Å². The van der Waals surface area contributed by atoms with E-state index in [1.165, 1.54) is 0 Å². The van der Waals surface area contributed by atoms with Gasteiger partial charge in [0, 0.05) is 18.5 Å². The molecule has 2 aliphatic rings. The number of aliphatic hydroxyl groups excluding tert-OH is 1. The molecule has 7 heteroatoms. The molecule has 2 amide bonds. The molecule has 3 N–H and O–H groups in total. The summed E-state index contributed by atoms with van der Waals surface area (Å²) in [4.78, 5) is 37.6. The number of aliphatic hydroxyl groups is 1. The lowest BCUT2D eigenvalue weighted by Gasteiger charge is -2.33. The summed E-state index contributed by atoms with van der Waals surface area (Å²) in [6, 6.07) is 17.8. The van der Waals surface area contributed by atoms with E-state index in [1.54, 1.807) is 4.90 Å². The van der Waals surface area contributed by atoms with E-state index in [0.29, 0.717) is 25.9 Å². The summed E-state index contributed by atoms with van der Waals surface area (Å²) in [5, 5.41) is 21.5. The second-order valence-electron chi connectivity index (χ2n) is 7.80. The number of amides is 2. The van der Waals surface area contributed by atoms with E-state index in [2.05, 4.69) is 5.32 Å². The lowest BCUT2D eigenvalue weighted by atomic mass is 9.92. The quantitative estimate of drug-likeness (QED) is 0.639. The van der Waals surface area contributed by atoms with Gasteiger partial charge in [-0.1, -0.05) is 54.6 Å². The zero-order valence-corrected chi connectivity index (χ0v) is 16.3. The van der Waals surface area contributed by atoms with Crippen molar-refractivity contribution in [3.05, 3.63) is 71.5 Å². The summed E-state index contributed by atoms with van der Waals surface area (Å²) in [5.74, 6) is -2.87. The standard InChI is InChI=1S/C23H22N2O5/c26-18(27)12-24-21(29)19-20(28)23(10-11-23)14-25(22(19)30)13-15-6-8-17(9-7-15)16-4-2-1-3-5-16/h1-9,28H,10-14H2,(H,24,29)(H,26,27). The second kappa shape index (κ2) is 7.67. The van der Waals surface area contributed by atoms with Gasteiger partial charge < -0.3 is 20.4 Å². The number of hydrogen-bond donors (Lipinski definition) is 3. The van der Waals surface area contributed by atoms with Crippen molar-refractivity contribution in [2.75, 3.05) is 13.1 Å². The van der Waals surface area contributed by atoms with E-state index in [4.69, 9.17) is 5.11 Å². The molecular weight excluding hydrogens is 384 g/mol. The van der Waals surface area contributed by atoms with Gasteiger partial charge in [-0.15, -0.1) is 0 Å². The largest absolute Gasteiger partial charge is 0.511 e. The van der Waals surface area contributed by atoms with Gasteiger partial charge in [0.2, 0.25) is 0 Å². The molecule has 1 aliphatic heterocycles. The van der Waals surface area contributed by atoms with Crippen molar-refractivity contribution in [3.63, 3.8) is 0 Å². The molecule has 1 spiro atoms. The van der Waals surface area contributed by atoms with Crippen LogP contribution in [0.15, 0.2) is 65.9 Å². The number of carbonyl (C=O) groups excluding carboxylic acids is 2. The highest BCUT2D eigenvalue weighted by atomic mass is 16.4. The maximum absolute atomic E-state index is 12.9. The van der Waals surface area contributed by atoms with E-state index in [-0.39, 0.29) is 11.3 Å². The topological polar surface area (TPSA) is 107 Å². The van der Waals surface area contributed by atoms with Crippen LogP contribution in [-0.4, -0.2) is 46.0 Å². The van der Waals surface area contributed by atoms with Crippen LogP contribution >= 0.6 is 0 Å². The Hall–Kier alpha value is -3.61. The summed E-state index contributed by atoms with van der Waals surface area (Å²) in [5.41, 5.74) is 2.13. The third kappa shape index (κ3) is 3.78. The monoisotopic (exact) mass is 406 g/mol. The summed E-state index contributed by atoms with van der Waals surface area (Å²) in [6.45, 7) is 0.0311. The minimum absolute atomic E-state index is 0.217. The zero-order chi connectivity index (χ0) is 21.3. The molecule has 1 saturated carbocycles. The van der Waals surface area contributed by atoms with Gasteiger partial charge in [-0.3, -0.25) is 14.4 Å². The molecule has 1 aliphatic carbocycles. The van der Waals surface area contributed by atoms with Crippen LogP contribution in [0, 0.1) is 5.41 Å². The van der Waals surface area contributed by atoms with E-state index >= 15 is 0 Å². The number of nitrogens with one attached hydrogen (secondary N) is 1. The first-order valence-electron chi connectivity index (χ1n) is 9.77. The number of benzene rings is 2. The Morgan fingerprint density at radius 2 is 1.63 bits per heavy atom. The van der Waals surface area contributed by atoms with Crippen LogP contribution in [-0.2, 0) is 20.9 Å². The molecule has 0 unspecified atom stereocenters.